The number of nitrogens with zero attached hydrogens (tertiary/aromatic N) is 2. The van der Waals surface area contributed by atoms with Gasteiger partial charge in [-0.15, -0.1) is 0 Å². The van der Waals surface area contributed by atoms with Gasteiger partial charge in [0.1, 0.15) is 11.5 Å². The van der Waals surface area contributed by atoms with Crippen molar-refractivity contribution >= 4 is 12.4 Å². The third kappa shape index (κ3) is 4.02. The van der Waals surface area contributed by atoms with Crippen molar-refractivity contribution in [3.05, 3.63) is 59.7 Å². The van der Waals surface area contributed by atoms with Crippen molar-refractivity contribution in [1.29, 1.82) is 0 Å². The molecule has 0 heterocycles. The van der Waals surface area contributed by atoms with Crippen LogP contribution in [0.4, 0.5) is 0 Å². The summed E-state index contributed by atoms with van der Waals surface area (Å²) in [6, 6.07) is 14.6. The van der Waals surface area contributed by atoms with Gasteiger partial charge >= 0.3 is 0 Å². The van der Waals surface area contributed by atoms with Gasteiger partial charge in [-0.25, -0.2) is 0 Å². The van der Waals surface area contributed by atoms with Crippen LogP contribution in [0.2, 0.25) is 0 Å². The largest absolute Gasteiger partial charge is 0.507 e. The molecule has 1 saturated carbocycles. The van der Waals surface area contributed by atoms with E-state index in [9.17, 15) is 10.2 Å². The molecule has 0 aliphatic heterocycles. The second-order valence-electron chi connectivity index (χ2n) is 6.09. The van der Waals surface area contributed by atoms with E-state index in [1.54, 1.807) is 36.7 Å². The Hall–Kier alpha value is -2.62. The summed E-state index contributed by atoms with van der Waals surface area (Å²) in [6.45, 7) is 0. The van der Waals surface area contributed by atoms with Crippen molar-refractivity contribution in [2.75, 3.05) is 0 Å². The van der Waals surface area contributed by atoms with Crippen LogP contribution in [0.15, 0.2) is 58.5 Å². The lowest BCUT2D eigenvalue weighted by Crippen LogP contribution is -2.27. The van der Waals surface area contributed by atoms with Gasteiger partial charge < -0.3 is 10.2 Å². The van der Waals surface area contributed by atoms with Gasteiger partial charge in [-0.1, -0.05) is 37.1 Å². The van der Waals surface area contributed by atoms with Crippen LogP contribution in [-0.2, 0) is 0 Å². The van der Waals surface area contributed by atoms with E-state index in [1.165, 1.54) is 0 Å². The van der Waals surface area contributed by atoms with E-state index in [0.29, 0.717) is 0 Å². The molecule has 0 unspecified atom stereocenters. The van der Waals surface area contributed by atoms with Gasteiger partial charge in [0.05, 0.1) is 12.1 Å². The summed E-state index contributed by atoms with van der Waals surface area (Å²) in [5.74, 6) is 0.484. The van der Waals surface area contributed by atoms with Crippen molar-refractivity contribution in [2.45, 2.75) is 37.8 Å². The van der Waals surface area contributed by atoms with Crippen LogP contribution in [0, 0.1) is 0 Å². The maximum atomic E-state index is 9.84. The Morgan fingerprint density at radius 3 is 1.54 bits per heavy atom. The SMILES string of the molecule is Oc1ccccc1C=N[C@H]1CCCC[C@@H]1N=Cc1ccccc1O. The van der Waals surface area contributed by atoms with E-state index in [-0.39, 0.29) is 23.6 Å². The topological polar surface area (TPSA) is 65.2 Å². The normalized spacial score (nSPS) is 21.5. The highest BCUT2D eigenvalue weighted by molar-refractivity contribution is 5.84. The Morgan fingerprint density at radius 2 is 1.12 bits per heavy atom. The first-order valence-electron chi connectivity index (χ1n) is 8.36. The van der Waals surface area contributed by atoms with E-state index < -0.39 is 0 Å². The van der Waals surface area contributed by atoms with Crippen molar-refractivity contribution in [3.8, 4) is 11.5 Å². The van der Waals surface area contributed by atoms with Crippen molar-refractivity contribution in [3.63, 3.8) is 0 Å². The molecule has 0 spiro atoms. The number of phenolic OH excluding ortho intramolecular Hbond substituents is 2. The van der Waals surface area contributed by atoms with Crippen LogP contribution in [-0.4, -0.2) is 34.7 Å². The van der Waals surface area contributed by atoms with Crippen LogP contribution in [0.5, 0.6) is 11.5 Å². The highest BCUT2D eigenvalue weighted by atomic mass is 16.3. The van der Waals surface area contributed by atoms with Crippen molar-refractivity contribution in [2.24, 2.45) is 9.98 Å². The number of hydrogen-bond donors (Lipinski definition) is 2. The molecular weight excluding hydrogens is 300 g/mol. The third-order valence-electron chi connectivity index (χ3n) is 4.38. The molecule has 24 heavy (non-hydrogen) atoms. The van der Waals surface area contributed by atoms with Gasteiger partial charge in [0, 0.05) is 23.6 Å². The molecule has 124 valence electrons. The number of aliphatic imine (C=N–C) groups is 2. The predicted octanol–water partition coefficient (Wildman–Crippen LogP) is 3.95. The summed E-state index contributed by atoms with van der Waals surface area (Å²) in [6.07, 6.45) is 7.76. The Bertz CT molecular complexity index is 676. The van der Waals surface area contributed by atoms with E-state index in [2.05, 4.69) is 9.98 Å². The third-order valence-corrected chi connectivity index (χ3v) is 4.38. The first-order chi connectivity index (χ1) is 11.7. The fourth-order valence-corrected chi connectivity index (χ4v) is 2.98. The van der Waals surface area contributed by atoms with Gasteiger partial charge in [0.2, 0.25) is 0 Å². The molecular formula is C20H22N2O2. The molecule has 0 bridgehead atoms. The zero-order chi connectivity index (χ0) is 16.8. The van der Waals surface area contributed by atoms with Gasteiger partial charge in [-0.2, -0.15) is 0 Å². The average molecular weight is 322 g/mol. The number of phenols is 2. The molecule has 0 aromatic heterocycles. The minimum atomic E-state index is 0.112. The fraction of sp³-hybridized carbons (Fsp3) is 0.300. The Balaban J connectivity index is 1.74. The summed E-state index contributed by atoms with van der Waals surface area (Å²) < 4.78 is 0. The number of benzene rings is 2. The molecule has 0 saturated heterocycles. The van der Waals surface area contributed by atoms with Crippen LogP contribution >= 0.6 is 0 Å². The van der Waals surface area contributed by atoms with Crippen LogP contribution in [0.25, 0.3) is 0 Å². The molecule has 2 aromatic carbocycles. The molecule has 0 radical (unpaired) electrons. The second-order valence-corrected chi connectivity index (χ2v) is 6.09. The van der Waals surface area contributed by atoms with Crippen molar-refractivity contribution in [1.82, 2.24) is 0 Å². The second kappa shape index (κ2) is 7.77. The molecule has 4 heteroatoms. The smallest absolute Gasteiger partial charge is 0.124 e. The quantitative estimate of drug-likeness (QED) is 0.837. The lowest BCUT2D eigenvalue weighted by molar-refractivity contribution is 0.390. The Morgan fingerprint density at radius 1 is 0.708 bits per heavy atom. The highest BCUT2D eigenvalue weighted by Crippen LogP contribution is 2.25. The van der Waals surface area contributed by atoms with Gasteiger partial charge in [-0.05, 0) is 37.1 Å². The number of aromatic hydroxyl groups is 2. The molecule has 1 aliphatic carbocycles. The summed E-state index contributed by atoms with van der Waals surface area (Å²) in [5.41, 5.74) is 1.46. The summed E-state index contributed by atoms with van der Waals surface area (Å²) in [7, 11) is 0. The highest BCUT2D eigenvalue weighted by Gasteiger charge is 2.23. The lowest BCUT2D eigenvalue weighted by Gasteiger charge is -2.25. The molecule has 1 aliphatic rings. The maximum Gasteiger partial charge on any atom is 0.124 e. The van der Waals surface area contributed by atoms with E-state index in [4.69, 9.17) is 0 Å². The first-order valence-corrected chi connectivity index (χ1v) is 8.36. The van der Waals surface area contributed by atoms with Crippen LogP contribution < -0.4 is 0 Å². The van der Waals surface area contributed by atoms with E-state index in [1.807, 2.05) is 24.3 Å². The number of hydrogen-bond acceptors (Lipinski definition) is 4. The number of para-hydroxylation sites is 2. The molecule has 2 N–H and O–H groups in total. The Kier molecular flexibility index (Phi) is 5.26. The maximum absolute atomic E-state index is 9.84. The van der Waals surface area contributed by atoms with Gasteiger partial charge in [-0.3, -0.25) is 9.98 Å². The van der Waals surface area contributed by atoms with E-state index >= 15 is 0 Å². The number of rotatable bonds is 4. The van der Waals surface area contributed by atoms with Gasteiger partial charge in [0.15, 0.2) is 0 Å². The summed E-state index contributed by atoms with van der Waals surface area (Å²) >= 11 is 0. The fourth-order valence-electron chi connectivity index (χ4n) is 2.98. The molecule has 4 nitrogen and oxygen atoms in total. The monoisotopic (exact) mass is 322 g/mol. The minimum absolute atomic E-state index is 0.112. The predicted molar refractivity (Wildman–Crippen MR) is 97.4 cm³/mol. The molecule has 1 fully saturated rings. The average Bonchev–Trinajstić information content (AvgIpc) is 2.61. The molecule has 2 aromatic rings. The molecule has 2 atom stereocenters. The summed E-state index contributed by atoms with van der Waals surface area (Å²) in [4.78, 5) is 9.34. The lowest BCUT2D eigenvalue weighted by atomic mass is 9.91. The first kappa shape index (κ1) is 16.2. The van der Waals surface area contributed by atoms with Crippen LogP contribution in [0.1, 0.15) is 36.8 Å². The zero-order valence-electron chi connectivity index (χ0n) is 13.5. The standard InChI is InChI=1S/C20H22N2O2/c23-19-11-5-1-7-15(19)13-21-17-9-3-4-10-18(17)22-14-16-8-2-6-12-20(16)24/h1-2,5-8,11-14,17-18,23-24H,3-4,9-10H2/t17-,18-/m0/s1. The Labute approximate surface area is 142 Å². The van der Waals surface area contributed by atoms with Crippen LogP contribution in [0.3, 0.4) is 0 Å². The molecule has 0 amide bonds. The molecule has 3 rings (SSSR count). The van der Waals surface area contributed by atoms with Gasteiger partial charge in [0.25, 0.3) is 0 Å². The van der Waals surface area contributed by atoms with Crippen molar-refractivity contribution < 1.29 is 10.2 Å². The summed E-state index contributed by atoms with van der Waals surface area (Å²) in [5, 5.41) is 19.7. The van der Waals surface area contributed by atoms with E-state index in [0.717, 1.165) is 36.8 Å². The minimum Gasteiger partial charge on any atom is -0.507 e. The zero-order valence-corrected chi connectivity index (χ0v) is 13.5.